The van der Waals surface area contributed by atoms with Gasteiger partial charge in [0.15, 0.2) is 5.96 Å². The summed E-state index contributed by atoms with van der Waals surface area (Å²) in [6.07, 6.45) is 5.20. The number of hydrogen-bond acceptors (Lipinski definition) is 2. The van der Waals surface area contributed by atoms with Crippen LogP contribution in [-0.2, 0) is 11.3 Å². The molecular weight excluding hydrogens is 336 g/mol. The maximum absolute atomic E-state index is 11.9. The Balaban J connectivity index is 1.66. The van der Waals surface area contributed by atoms with Gasteiger partial charge in [-0.3, -0.25) is 4.79 Å². The molecular formula is C19H27ClN4O. The lowest BCUT2D eigenvalue weighted by Gasteiger charge is -2.25. The maximum Gasteiger partial charge on any atom is 0.241 e. The van der Waals surface area contributed by atoms with Gasteiger partial charge in [-0.15, -0.1) is 0 Å². The lowest BCUT2D eigenvalue weighted by atomic mass is 9.95. The molecule has 0 saturated heterocycles. The minimum Gasteiger partial charge on any atom is -0.353 e. The van der Waals surface area contributed by atoms with Crippen molar-refractivity contribution in [2.24, 2.45) is 16.8 Å². The largest absolute Gasteiger partial charge is 0.353 e. The van der Waals surface area contributed by atoms with Gasteiger partial charge in [-0.2, -0.15) is 0 Å². The van der Waals surface area contributed by atoms with Gasteiger partial charge in [0.25, 0.3) is 0 Å². The molecule has 0 heterocycles. The molecule has 1 amide bonds. The average molecular weight is 363 g/mol. The first kappa shape index (κ1) is 18.1. The number of carbonyl (C=O) groups is 1. The zero-order valence-electron chi connectivity index (χ0n) is 15.0. The van der Waals surface area contributed by atoms with Crippen LogP contribution in [0.15, 0.2) is 29.3 Å². The van der Waals surface area contributed by atoms with Crippen LogP contribution in [0, 0.1) is 11.8 Å². The van der Waals surface area contributed by atoms with E-state index in [0.29, 0.717) is 18.5 Å². The molecule has 2 saturated carbocycles. The number of rotatable bonds is 5. The van der Waals surface area contributed by atoms with Crippen LogP contribution in [0.2, 0.25) is 5.02 Å². The molecule has 2 fully saturated rings. The standard InChI is InChI=1S/C19H27ClN4O/c1-24(2)18(25)12-22-19(21-11-15-5-3-4-6-16(15)20)23-17-10-13-7-8-14(17)9-13/h3-6,13-14,17H,7-12H2,1-2H3,(H2,21,22,23). The third-order valence-electron chi connectivity index (χ3n) is 5.33. The van der Waals surface area contributed by atoms with E-state index in [4.69, 9.17) is 11.6 Å². The van der Waals surface area contributed by atoms with Gasteiger partial charge in [0.2, 0.25) is 5.91 Å². The van der Waals surface area contributed by atoms with E-state index in [9.17, 15) is 4.79 Å². The molecule has 2 N–H and O–H groups in total. The highest BCUT2D eigenvalue weighted by atomic mass is 35.5. The molecule has 0 aromatic heterocycles. The second-order valence-corrected chi connectivity index (χ2v) is 7.73. The van der Waals surface area contributed by atoms with Crippen molar-refractivity contribution in [2.75, 3.05) is 20.6 Å². The molecule has 25 heavy (non-hydrogen) atoms. The number of aliphatic imine (C=N–C) groups is 1. The average Bonchev–Trinajstić information content (AvgIpc) is 3.21. The Bertz CT molecular complexity index is 646. The molecule has 1 aromatic rings. The number of nitrogens with one attached hydrogen (secondary N) is 2. The lowest BCUT2D eigenvalue weighted by Crippen LogP contribution is -2.48. The van der Waals surface area contributed by atoms with Gasteiger partial charge in [-0.05, 0) is 42.7 Å². The third kappa shape index (κ3) is 4.66. The molecule has 3 unspecified atom stereocenters. The Morgan fingerprint density at radius 3 is 2.72 bits per heavy atom. The van der Waals surface area contributed by atoms with E-state index < -0.39 is 0 Å². The molecule has 0 spiro atoms. The van der Waals surface area contributed by atoms with Crippen LogP contribution in [0.25, 0.3) is 0 Å². The molecule has 2 bridgehead atoms. The summed E-state index contributed by atoms with van der Waals surface area (Å²) in [6.45, 7) is 0.730. The van der Waals surface area contributed by atoms with Gasteiger partial charge in [0, 0.05) is 25.2 Å². The fraction of sp³-hybridized carbons (Fsp3) is 0.579. The number of fused-ring (bicyclic) bond motifs is 2. The molecule has 0 aliphatic heterocycles. The Kier molecular flexibility index (Phi) is 5.84. The Labute approximate surface area is 154 Å². The minimum absolute atomic E-state index is 0.0280. The fourth-order valence-corrected chi connectivity index (χ4v) is 4.05. The molecule has 0 radical (unpaired) electrons. The molecule has 6 heteroatoms. The van der Waals surface area contributed by atoms with Crippen molar-refractivity contribution in [3.63, 3.8) is 0 Å². The topological polar surface area (TPSA) is 56.7 Å². The number of halogens is 1. The van der Waals surface area contributed by atoms with Crippen molar-refractivity contribution < 1.29 is 4.79 Å². The van der Waals surface area contributed by atoms with Gasteiger partial charge in [-0.1, -0.05) is 36.2 Å². The van der Waals surface area contributed by atoms with Crippen LogP contribution in [-0.4, -0.2) is 43.4 Å². The van der Waals surface area contributed by atoms with Crippen LogP contribution in [0.4, 0.5) is 0 Å². The number of amides is 1. The first-order chi connectivity index (χ1) is 12.0. The number of hydrogen-bond donors (Lipinski definition) is 2. The van der Waals surface area contributed by atoms with Crippen molar-refractivity contribution in [3.8, 4) is 0 Å². The smallest absolute Gasteiger partial charge is 0.241 e. The highest BCUT2D eigenvalue weighted by Crippen LogP contribution is 2.44. The monoisotopic (exact) mass is 362 g/mol. The second-order valence-electron chi connectivity index (χ2n) is 7.32. The molecule has 2 aliphatic carbocycles. The number of nitrogens with zero attached hydrogens (tertiary/aromatic N) is 2. The molecule has 2 aliphatic rings. The van der Waals surface area contributed by atoms with Crippen LogP contribution >= 0.6 is 11.6 Å². The Morgan fingerprint density at radius 1 is 1.28 bits per heavy atom. The minimum atomic E-state index is 0.0280. The van der Waals surface area contributed by atoms with Crippen molar-refractivity contribution in [1.82, 2.24) is 15.5 Å². The maximum atomic E-state index is 11.9. The highest BCUT2D eigenvalue weighted by Gasteiger charge is 2.39. The Hall–Kier alpha value is -1.75. The summed E-state index contributed by atoms with van der Waals surface area (Å²) in [7, 11) is 3.52. The van der Waals surface area contributed by atoms with Gasteiger partial charge in [-0.25, -0.2) is 4.99 Å². The predicted octanol–water partition coefficient (Wildman–Crippen LogP) is 2.65. The molecule has 1 aromatic carbocycles. The first-order valence-electron chi connectivity index (χ1n) is 9.01. The number of benzene rings is 1. The van der Waals surface area contributed by atoms with E-state index in [1.54, 1.807) is 19.0 Å². The summed E-state index contributed by atoms with van der Waals surface area (Å²) >= 11 is 6.23. The van der Waals surface area contributed by atoms with Crippen LogP contribution in [0.5, 0.6) is 0 Å². The SMILES string of the molecule is CN(C)C(=O)CNC(=NCc1ccccc1Cl)NC1CC2CCC1C2. The molecule has 3 atom stereocenters. The predicted molar refractivity (Wildman–Crippen MR) is 102 cm³/mol. The summed E-state index contributed by atoms with van der Waals surface area (Å²) in [6, 6.07) is 8.19. The quantitative estimate of drug-likeness (QED) is 0.625. The van der Waals surface area contributed by atoms with Gasteiger partial charge in [0.1, 0.15) is 0 Å². The summed E-state index contributed by atoms with van der Waals surface area (Å²) < 4.78 is 0. The third-order valence-corrected chi connectivity index (χ3v) is 5.70. The molecule has 5 nitrogen and oxygen atoms in total. The van der Waals surface area contributed by atoms with Crippen molar-refractivity contribution in [2.45, 2.75) is 38.3 Å². The van der Waals surface area contributed by atoms with E-state index in [2.05, 4.69) is 15.6 Å². The van der Waals surface area contributed by atoms with Crippen molar-refractivity contribution in [3.05, 3.63) is 34.9 Å². The van der Waals surface area contributed by atoms with Crippen LogP contribution < -0.4 is 10.6 Å². The van der Waals surface area contributed by atoms with Gasteiger partial charge < -0.3 is 15.5 Å². The van der Waals surface area contributed by atoms with E-state index in [1.807, 2.05) is 24.3 Å². The summed E-state index contributed by atoms with van der Waals surface area (Å²) in [5, 5.41) is 7.46. The van der Waals surface area contributed by atoms with Crippen molar-refractivity contribution in [1.29, 1.82) is 0 Å². The zero-order valence-corrected chi connectivity index (χ0v) is 15.7. The lowest BCUT2D eigenvalue weighted by molar-refractivity contribution is -0.127. The van der Waals surface area contributed by atoms with Crippen LogP contribution in [0.1, 0.15) is 31.2 Å². The van der Waals surface area contributed by atoms with E-state index in [1.165, 1.54) is 25.7 Å². The fourth-order valence-electron chi connectivity index (χ4n) is 3.86. The summed E-state index contributed by atoms with van der Waals surface area (Å²) in [5.74, 6) is 2.32. The first-order valence-corrected chi connectivity index (χ1v) is 9.39. The highest BCUT2D eigenvalue weighted by molar-refractivity contribution is 6.31. The number of likely N-dealkylation sites (N-methyl/N-ethyl adjacent to an activating group) is 1. The number of carbonyl (C=O) groups excluding carboxylic acids is 1. The Morgan fingerprint density at radius 2 is 2.08 bits per heavy atom. The van der Waals surface area contributed by atoms with Crippen LogP contribution in [0.3, 0.4) is 0 Å². The van der Waals surface area contributed by atoms with Crippen molar-refractivity contribution >= 4 is 23.5 Å². The van der Waals surface area contributed by atoms with E-state index in [-0.39, 0.29) is 12.5 Å². The van der Waals surface area contributed by atoms with E-state index in [0.717, 1.165) is 22.4 Å². The van der Waals surface area contributed by atoms with Gasteiger partial charge >= 0.3 is 0 Å². The summed E-state index contributed by atoms with van der Waals surface area (Å²) in [4.78, 5) is 18.2. The molecule has 3 rings (SSSR count). The van der Waals surface area contributed by atoms with E-state index >= 15 is 0 Å². The summed E-state index contributed by atoms with van der Waals surface area (Å²) in [5.41, 5.74) is 0.983. The van der Waals surface area contributed by atoms with Gasteiger partial charge in [0.05, 0.1) is 13.1 Å². The zero-order chi connectivity index (χ0) is 17.8. The second kappa shape index (κ2) is 8.09. The number of guanidine groups is 1. The normalized spacial score (nSPS) is 25.1. The molecule has 136 valence electrons.